The predicted molar refractivity (Wildman–Crippen MR) is 68.4 cm³/mol. The predicted octanol–water partition coefficient (Wildman–Crippen LogP) is 2.77. The van der Waals surface area contributed by atoms with E-state index >= 15 is 0 Å². The Bertz CT molecular complexity index is 590. The zero-order chi connectivity index (χ0) is 11.8. The molecule has 1 atom stereocenters. The van der Waals surface area contributed by atoms with Crippen molar-refractivity contribution in [1.82, 2.24) is 9.97 Å². The number of rotatable bonds is 2. The Hall–Kier alpha value is -1.47. The van der Waals surface area contributed by atoms with E-state index in [9.17, 15) is 10.1 Å². The quantitative estimate of drug-likeness (QED) is 0.617. The van der Waals surface area contributed by atoms with Crippen molar-refractivity contribution in [3.8, 4) is 0 Å². The lowest BCUT2D eigenvalue weighted by atomic mass is 10.4. The third-order valence-corrected chi connectivity index (χ3v) is 4.85. The second-order valence-corrected chi connectivity index (χ2v) is 5.77. The van der Waals surface area contributed by atoms with E-state index in [4.69, 9.17) is 0 Å². The summed E-state index contributed by atoms with van der Waals surface area (Å²) in [6.07, 6.45) is 5.80. The van der Waals surface area contributed by atoms with Crippen LogP contribution in [-0.2, 0) is 0 Å². The van der Waals surface area contributed by atoms with E-state index in [1.165, 1.54) is 11.8 Å². The molecule has 0 radical (unpaired) electrons. The Morgan fingerprint density at radius 1 is 1.53 bits per heavy atom. The van der Waals surface area contributed by atoms with Gasteiger partial charge in [-0.3, -0.25) is 15.1 Å². The highest BCUT2D eigenvalue weighted by atomic mass is 32.2. The number of aromatic nitrogens is 2. The molecule has 1 unspecified atom stereocenters. The van der Waals surface area contributed by atoms with Crippen molar-refractivity contribution < 1.29 is 4.92 Å². The van der Waals surface area contributed by atoms with E-state index in [-0.39, 0.29) is 4.92 Å². The van der Waals surface area contributed by atoms with Crippen LogP contribution in [0, 0.1) is 10.1 Å². The number of nitro groups is 1. The first-order valence-corrected chi connectivity index (χ1v) is 6.65. The van der Waals surface area contributed by atoms with Crippen molar-refractivity contribution >= 4 is 38.2 Å². The first-order valence-electron chi connectivity index (χ1n) is 4.95. The van der Waals surface area contributed by atoms with Gasteiger partial charge in [0.05, 0.1) is 10.9 Å². The van der Waals surface area contributed by atoms with Gasteiger partial charge in [-0.05, 0) is 17.8 Å². The molecule has 0 aromatic carbocycles. The van der Waals surface area contributed by atoms with Crippen LogP contribution in [0.25, 0.3) is 15.1 Å². The number of hydrogen-bond donors (Lipinski definition) is 0. The molecule has 3 rings (SSSR count). The summed E-state index contributed by atoms with van der Waals surface area (Å²) in [5, 5.41) is 11.0. The standard InChI is InChI=1S/C10H7N3O2S2/c14-13(15)9-2-1-8(16-9)10-12-6-5-11-4-3-7(6)17-10/h1,3-5,9H,2H2. The van der Waals surface area contributed by atoms with E-state index < -0.39 is 5.37 Å². The van der Waals surface area contributed by atoms with Gasteiger partial charge in [0.15, 0.2) is 0 Å². The van der Waals surface area contributed by atoms with Crippen LogP contribution < -0.4 is 0 Å². The smallest absolute Gasteiger partial charge is 0.263 e. The molecule has 2 aromatic rings. The highest BCUT2D eigenvalue weighted by Crippen LogP contribution is 2.41. The minimum atomic E-state index is -0.560. The van der Waals surface area contributed by atoms with Crippen LogP contribution >= 0.6 is 23.1 Å². The lowest BCUT2D eigenvalue weighted by molar-refractivity contribution is -0.493. The van der Waals surface area contributed by atoms with Crippen molar-refractivity contribution in [3.05, 3.63) is 39.7 Å². The van der Waals surface area contributed by atoms with Crippen LogP contribution in [0.15, 0.2) is 24.5 Å². The van der Waals surface area contributed by atoms with Crippen LogP contribution in [0.5, 0.6) is 0 Å². The number of pyridine rings is 1. The molecule has 0 N–H and O–H groups in total. The van der Waals surface area contributed by atoms with Crippen molar-refractivity contribution in [1.29, 1.82) is 0 Å². The summed E-state index contributed by atoms with van der Waals surface area (Å²) in [5.74, 6) is 0. The zero-order valence-electron chi connectivity index (χ0n) is 8.57. The van der Waals surface area contributed by atoms with Gasteiger partial charge in [0.2, 0.25) is 0 Å². The highest BCUT2D eigenvalue weighted by Gasteiger charge is 2.29. The van der Waals surface area contributed by atoms with E-state index in [1.807, 2.05) is 12.1 Å². The average molecular weight is 265 g/mol. The van der Waals surface area contributed by atoms with Crippen LogP contribution in [0.3, 0.4) is 0 Å². The molecule has 7 heteroatoms. The number of nitrogens with zero attached hydrogens (tertiary/aromatic N) is 3. The Labute approximate surface area is 105 Å². The third-order valence-electron chi connectivity index (χ3n) is 2.40. The molecule has 17 heavy (non-hydrogen) atoms. The summed E-state index contributed by atoms with van der Waals surface area (Å²) in [6.45, 7) is 0. The number of hydrogen-bond acceptors (Lipinski definition) is 6. The molecule has 0 spiro atoms. The van der Waals surface area contributed by atoms with Gasteiger partial charge in [0.1, 0.15) is 10.5 Å². The van der Waals surface area contributed by atoms with E-state index in [0.717, 1.165) is 20.1 Å². The van der Waals surface area contributed by atoms with Crippen LogP contribution in [-0.4, -0.2) is 20.3 Å². The molecule has 5 nitrogen and oxygen atoms in total. The molecule has 0 bridgehead atoms. The fourth-order valence-electron chi connectivity index (χ4n) is 1.60. The lowest BCUT2D eigenvalue weighted by Gasteiger charge is -1.98. The molecule has 3 heterocycles. The second-order valence-electron chi connectivity index (χ2n) is 3.52. The molecule has 2 aromatic heterocycles. The third kappa shape index (κ3) is 1.91. The van der Waals surface area contributed by atoms with Gasteiger partial charge < -0.3 is 0 Å². The normalized spacial score (nSPS) is 19.5. The lowest BCUT2D eigenvalue weighted by Crippen LogP contribution is -2.10. The van der Waals surface area contributed by atoms with Crippen LogP contribution in [0.4, 0.5) is 0 Å². The van der Waals surface area contributed by atoms with Gasteiger partial charge in [-0.25, -0.2) is 4.98 Å². The minimum Gasteiger partial charge on any atom is -0.263 e. The Morgan fingerprint density at radius 3 is 3.12 bits per heavy atom. The van der Waals surface area contributed by atoms with Crippen molar-refractivity contribution in [2.45, 2.75) is 11.8 Å². The molecule has 0 fully saturated rings. The van der Waals surface area contributed by atoms with Crippen molar-refractivity contribution in [3.63, 3.8) is 0 Å². The first-order chi connectivity index (χ1) is 8.24. The summed E-state index contributed by atoms with van der Waals surface area (Å²) < 4.78 is 1.06. The van der Waals surface area contributed by atoms with Crippen LogP contribution in [0.2, 0.25) is 0 Å². The van der Waals surface area contributed by atoms with Gasteiger partial charge in [0, 0.05) is 22.4 Å². The average Bonchev–Trinajstić information content (AvgIpc) is 2.95. The van der Waals surface area contributed by atoms with Gasteiger partial charge in [-0.1, -0.05) is 6.08 Å². The Morgan fingerprint density at radius 2 is 2.41 bits per heavy atom. The number of thiazole rings is 1. The topological polar surface area (TPSA) is 68.9 Å². The molecular weight excluding hydrogens is 258 g/mol. The fraction of sp³-hybridized carbons (Fsp3) is 0.200. The molecule has 1 aliphatic heterocycles. The Balaban J connectivity index is 1.93. The number of fused-ring (bicyclic) bond motifs is 1. The zero-order valence-corrected chi connectivity index (χ0v) is 10.2. The summed E-state index contributed by atoms with van der Waals surface area (Å²) in [7, 11) is 0. The molecule has 0 saturated carbocycles. The first kappa shape index (κ1) is 10.7. The molecule has 0 amide bonds. The minimum absolute atomic E-state index is 0.247. The Kier molecular flexibility index (Phi) is 2.56. The van der Waals surface area contributed by atoms with Gasteiger partial charge in [0.25, 0.3) is 5.37 Å². The SMILES string of the molecule is O=[N+]([O-])C1CC=C(c2nc3cnccc3s2)S1. The van der Waals surface area contributed by atoms with Crippen LogP contribution in [0.1, 0.15) is 11.4 Å². The fourth-order valence-corrected chi connectivity index (χ4v) is 3.65. The van der Waals surface area contributed by atoms with E-state index in [1.54, 1.807) is 23.7 Å². The van der Waals surface area contributed by atoms with Crippen molar-refractivity contribution in [2.75, 3.05) is 0 Å². The van der Waals surface area contributed by atoms with Crippen molar-refractivity contribution in [2.24, 2.45) is 0 Å². The maximum Gasteiger partial charge on any atom is 0.266 e. The summed E-state index contributed by atoms with van der Waals surface area (Å²) in [4.78, 5) is 19.8. The molecule has 0 aliphatic carbocycles. The summed E-state index contributed by atoms with van der Waals surface area (Å²) in [5.41, 5.74) is 0.846. The van der Waals surface area contributed by atoms with E-state index in [0.29, 0.717) is 6.42 Å². The van der Waals surface area contributed by atoms with Gasteiger partial charge >= 0.3 is 0 Å². The monoisotopic (exact) mass is 265 g/mol. The largest absolute Gasteiger partial charge is 0.266 e. The molecule has 0 saturated heterocycles. The molecule has 1 aliphatic rings. The molecule has 86 valence electrons. The summed E-state index contributed by atoms with van der Waals surface area (Å²) in [6, 6.07) is 1.90. The molecular formula is C10H7N3O2S2. The van der Waals surface area contributed by atoms with Gasteiger partial charge in [-0.2, -0.15) is 0 Å². The van der Waals surface area contributed by atoms with E-state index in [2.05, 4.69) is 9.97 Å². The second kappa shape index (κ2) is 4.08. The maximum atomic E-state index is 10.7. The highest BCUT2D eigenvalue weighted by molar-refractivity contribution is 8.09. The summed E-state index contributed by atoms with van der Waals surface area (Å²) >= 11 is 2.82. The maximum absolute atomic E-state index is 10.7. The van der Waals surface area contributed by atoms with Gasteiger partial charge in [-0.15, -0.1) is 11.3 Å². The number of thioether (sulfide) groups is 1.